The molecule has 0 atom stereocenters. The van der Waals surface area contributed by atoms with Crippen molar-refractivity contribution in [3.63, 3.8) is 0 Å². The van der Waals surface area contributed by atoms with E-state index < -0.39 is 0 Å². The van der Waals surface area contributed by atoms with E-state index in [1.54, 1.807) is 18.3 Å². The molecule has 0 unspecified atom stereocenters. The molecule has 0 aliphatic rings. The van der Waals surface area contributed by atoms with E-state index in [1.165, 1.54) is 12.1 Å². The molecule has 4 nitrogen and oxygen atoms in total. The van der Waals surface area contributed by atoms with Crippen LogP contribution in [0.3, 0.4) is 0 Å². The van der Waals surface area contributed by atoms with Gasteiger partial charge in [-0.05, 0) is 61.7 Å². The summed E-state index contributed by atoms with van der Waals surface area (Å²) in [7, 11) is 0. The Bertz CT molecular complexity index is 930. The molecule has 140 valence electrons. The summed E-state index contributed by atoms with van der Waals surface area (Å²) in [6, 6.07) is 12.2. The third kappa shape index (κ3) is 4.25. The molecule has 0 aliphatic heterocycles. The zero-order valence-electron chi connectivity index (χ0n) is 15.9. The van der Waals surface area contributed by atoms with Gasteiger partial charge in [-0.15, -0.1) is 0 Å². The lowest BCUT2D eigenvalue weighted by molar-refractivity contribution is 0.0944. The highest BCUT2D eigenvalue weighted by molar-refractivity contribution is 5.95. The van der Waals surface area contributed by atoms with Crippen LogP contribution in [0.15, 0.2) is 48.7 Å². The molecule has 0 aliphatic carbocycles. The number of halogens is 1. The fourth-order valence-electron chi connectivity index (χ4n) is 3.22. The highest BCUT2D eigenvalue weighted by Gasteiger charge is 2.20. The van der Waals surface area contributed by atoms with E-state index in [4.69, 9.17) is 0 Å². The second-order valence-electron chi connectivity index (χ2n) is 6.72. The van der Waals surface area contributed by atoms with Gasteiger partial charge >= 0.3 is 0 Å². The second kappa shape index (κ2) is 8.16. The van der Waals surface area contributed by atoms with Crippen molar-refractivity contribution >= 4 is 5.91 Å². The number of pyridine rings is 1. The van der Waals surface area contributed by atoms with Crippen molar-refractivity contribution in [1.82, 2.24) is 14.9 Å². The van der Waals surface area contributed by atoms with Crippen LogP contribution in [0.2, 0.25) is 0 Å². The van der Waals surface area contributed by atoms with Crippen molar-refractivity contribution in [3.8, 4) is 0 Å². The van der Waals surface area contributed by atoms with E-state index >= 15 is 0 Å². The number of rotatable bonds is 6. The maximum absolute atomic E-state index is 13.2. The van der Waals surface area contributed by atoms with Crippen LogP contribution >= 0.6 is 0 Å². The maximum atomic E-state index is 13.2. The first kappa shape index (κ1) is 18.8. The normalized spacial score (nSPS) is 10.8. The zero-order chi connectivity index (χ0) is 19.4. The van der Waals surface area contributed by atoms with Crippen molar-refractivity contribution in [1.29, 1.82) is 0 Å². The van der Waals surface area contributed by atoms with E-state index in [1.807, 2.05) is 43.5 Å². The first-order valence-corrected chi connectivity index (χ1v) is 9.06. The van der Waals surface area contributed by atoms with Crippen molar-refractivity contribution in [2.45, 2.75) is 33.7 Å². The van der Waals surface area contributed by atoms with Crippen LogP contribution in [0.4, 0.5) is 4.39 Å². The molecule has 0 fully saturated rings. The van der Waals surface area contributed by atoms with Gasteiger partial charge in [-0.25, -0.2) is 4.39 Å². The van der Waals surface area contributed by atoms with Crippen LogP contribution in [-0.2, 0) is 13.0 Å². The molecule has 5 heteroatoms. The maximum Gasteiger partial charge on any atom is 0.268 e. The Kier molecular flexibility index (Phi) is 5.69. The number of nitrogens with zero attached hydrogens (tertiary/aromatic N) is 2. The molecule has 0 saturated heterocycles. The van der Waals surface area contributed by atoms with Gasteiger partial charge in [0.25, 0.3) is 5.91 Å². The SMILES string of the molecule is Cc1c(C)c(C(=O)NCCc2ccccn2)n(Cc2ccc(F)cc2)c1C. The van der Waals surface area contributed by atoms with Gasteiger partial charge in [0.05, 0.1) is 0 Å². The summed E-state index contributed by atoms with van der Waals surface area (Å²) >= 11 is 0. The molecule has 27 heavy (non-hydrogen) atoms. The first-order valence-electron chi connectivity index (χ1n) is 9.06. The smallest absolute Gasteiger partial charge is 0.268 e. The van der Waals surface area contributed by atoms with Crippen molar-refractivity contribution < 1.29 is 9.18 Å². The second-order valence-corrected chi connectivity index (χ2v) is 6.72. The minimum Gasteiger partial charge on any atom is -0.350 e. The Labute approximate surface area is 159 Å². The van der Waals surface area contributed by atoms with Gasteiger partial charge in [0.2, 0.25) is 0 Å². The Morgan fingerprint density at radius 3 is 2.48 bits per heavy atom. The molecular weight excluding hydrogens is 341 g/mol. The number of amides is 1. The third-order valence-corrected chi connectivity index (χ3v) is 5.00. The van der Waals surface area contributed by atoms with E-state index in [9.17, 15) is 9.18 Å². The minimum atomic E-state index is -0.261. The molecular formula is C22H24FN3O. The van der Waals surface area contributed by atoms with Crippen LogP contribution in [-0.4, -0.2) is 22.0 Å². The lowest BCUT2D eigenvalue weighted by Crippen LogP contribution is -2.29. The van der Waals surface area contributed by atoms with Crippen molar-refractivity contribution in [2.75, 3.05) is 6.54 Å². The highest BCUT2D eigenvalue weighted by atomic mass is 19.1. The molecule has 3 aromatic rings. The van der Waals surface area contributed by atoms with Crippen molar-refractivity contribution in [3.05, 3.63) is 88.3 Å². The van der Waals surface area contributed by atoms with E-state index in [-0.39, 0.29) is 11.7 Å². The highest BCUT2D eigenvalue weighted by Crippen LogP contribution is 2.23. The predicted molar refractivity (Wildman–Crippen MR) is 104 cm³/mol. The molecule has 1 amide bonds. The average Bonchev–Trinajstić information content (AvgIpc) is 2.88. The number of nitrogens with one attached hydrogen (secondary N) is 1. The van der Waals surface area contributed by atoms with Gasteiger partial charge in [0.15, 0.2) is 0 Å². The Morgan fingerprint density at radius 1 is 1.07 bits per heavy atom. The van der Waals surface area contributed by atoms with Gasteiger partial charge in [0, 0.05) is 37.1 Å². The van der Waals surface area contributed by atoms with Gasteiger partial charge in [0.1, 0.15) is 11.5 Å². The van der Waals surface area contributed by atoms with E-state index in [2.05, 4.69) is 10.3 Å². The lowest BCUT2D eigenvalue weighted by atomic mass is 10.1. The Hall–Kier alpha value is -2.95. The lowest BCUT2D eigenvalue weighted by Gasteiger charge is -2.13. The van der Waals surface area contributed by atoms with Crippen LogP contribution in [0.5, 0.6) is 0 Å². The molecule has 0 saturated carbocycles. The van der Waals surface area contributed by atoms with Gasteiger partial charge in [-0.2, -0.15) is 0 Å². The largest absolute Gasteiger partial charge is 0.350 e. The Balaban J connectivity index is 1.78. The van der Waals surface area contributed by atoms with E-state index in [0.29, 0.717) is 25.2 Å². The van der Waals surface area contributed by atoms with Gasteiger partial charge in [-0.3, -0.25) is 9.78 Å². The number of benzene rings is 1. The predicted octanol–water partition coefficient (Wildman–Crippen LogP) is 3.97. The zero-order valence-corrected chi connectivity index (χ0v) is 15.9. The molecule has 0 bridgehead atoms. The molecule has 3 rings (SSSR count). The summed E-state index contributed by atoms with van der Waals surface area (Å²) in [6.07, 6.45) is 2.43. The quantitative estimate of drug-likeness (QED) is 0.718. The topological polar surface area (TPSA) is 46.9 Å². The molecule has 1 N–H and O–H groups in total. The molecule has 1 aromatic carbocycles. The number of carbonyl (C=O) groups is 1. The number of aromatic nitrogens is 2. The molecule has 2 heterocycles. The average molecular weight is 365 g/mol. The summed E-state index contributed by atoms with van der Waals surface area (Å²) in [4.78, 5) is 17.2. The molecule has 0 radical (unpaired) electrons. The number of hydrogen-bond acceptors (Lipinski definition) is 2. The summed E-state index contributed by atoms with van der Waals surface area (Å²) in [6.45, 7) is 7.06. The van der Waals surface area contributed by atoms with Crippen LogP contribution in [0.1, 0.15) is 38.6 Å². The standard InChI is InChI=1S/C22H24FN3O/c1-15-16(2)21(22(27)25-13-11-20-6-4-5-12-24-20)26(17(15)3)14-18-7-9-19(23)10-8-18/h4-10,12H,11,13-14H2,1-3H3,(H,25,27). The van der Waals surface area contributed by atoms with Gasteiger partial charge < -0.3 is 9.88 Å². The number of carbonyl (C=O) groups excluding carboxylic acids is 1. The fourth-order valence-corrected chi connectivity index (χ4v) is 3.22. The van der Waals surface area contributed by atoms with Crippen LogP contribution in [0, 0.1) is 26.6 Å². The minimum absolute atomic E-state index is 0.0956. The van der Waals surface area contributed by atoms with Crippen molar-refractivity contribution in [2.24, 2.45) is 0 Å². The van der Waals surface area contributed by atoms with E-state index in [0.717, 1.165) is 28.1 Å². The Morgan fingerprint density at radius 2 is 1.81 bits per heavy atom. The number of hydrogen-bond donors (Lipinski definition) is 1. The summed E-state index contributed by atoms with van der Waals surface area (Å²) in [5.74, 6) is -0.357. The fraction of sp³-hybridized carbons (Fsp3) is 0.273. The summed E-state index contributed by atoms with van der Waals surface area (Å²) in [5, 5.41) is 3.00. The summed E-state index contributed by atoms with van der Waals surface area (Å²) < 4.78 is 15.2. The van der Waals surface area contributed by atoms with Crippen LogP contribution in [0.25, 0.3) is 0 Å². The van der Waals surface area contributed by atoms with Gasteiger partial charge in [-0.1, -0.05) is 18.2 Å². The molecule has 0 spiro atoms. The molecule has 2 aromatic heterocycles. The summed E-state index contributed by atoms with van der Waals surface area (Å²) in [5.41, 5.74) is 5.69. The monoisotopic (exact) mass is 365 g/mol. The third-order valence-electron chi connectivity index (χ3n) is 5.00. The first-order chi connectivity index (χ1) is 13.0. The van der Waals surface area contributed by atoms with Crippen LogP contribution < -0.4 is 5.32 Å².